The first-order valence-electron chi connectivity index (χ1n) is 6.28. The van der Waals surface area contributed by atoms with Crippen LogP contribution in [0.5, 0.6) is 5.75 Å². The predicted octanol–water partition coefficient (Wildman–Crippen LogP) is 2.98. The van der Waals surface area contributed by atoms with Gasteiger partial charge in [-0.15, -0.1) is 0 Å². The Kier molecular flexibility index (Phi) is 5.21. The fourth-order valence-corrected chi connectivity index (χ4v) is 2.88. The van der Waals surface area contributed by atoms with Crippen LogP contribution in [-0.2, 0) is 14.4 Å². The van der Waals surface area contributed by atoms with Gasteiger partial charge in [0, 0.05) is 5.56 Å². The molecule has 0 aliphatic rings. The third-order valence-electron chi connectivity index (χ3n) is 2.80. The van der Waals surface area contributed by atoms with Crippen molar-refractivity contribution in [2.45, 2.75) is 4.90 Å². The topological polar surface area (TPSA) is 88.8 Å². The van der Waals surface area contributed by atoms with Gasteiger partial charge in [0.2, 0.25) is 0 Å². The summed E-state index contributed by atoms with van der Waals surface area (Å²) < 4.78 is 33.7. The van der Waals surface area contributed by atoms with E-state index in [0.717, 1.165) is 0 Å². The van der Waals surface area contributed by atoms with Crippen molar-refractivity contribution in [1.29, 1.82) is 5.26 Å². The Balaban J connectivity index is 2.29. The average molecular weight is 351 g/mol. The van der Waals surface area contributed by atoms with Crippen LogP contribution in [0.2, 0.25) is 5.02 Å². The zero-order valence-electron chi connectivity index (χ0n) is 11.9. The molecular weight excluding hydrogens is 340 g/mol. The van der Waals surface area contributed by atoms with Gasteiger partial charge in [-0.25, -0.2) is 0 Å². The van der Waals surface area contributed by atoms with E-state index >= 15 is 0 Å². The second-order valence-electron chi connectivity index (χ2n) is 4.24. The molecule has 0 heterocycles. The molecule has 2 aromatic rings. The lowest BCUT2D eigenvalue weighted by molar-refractivity contribution is 0.339. The highest BCUT2D eigenvalue weighted by Crippen LogP contribution is 2.22. The third kappa shape index (κ3) is 4.00. The summed E-state index contributed by atoms with van der Waals surface area (Å²) in [7, 11) is -2.70. The van der Waals surface area contributed by atoms with Crippen molar-refractivity contribution in [2.75, 3.05) is 7.11 Å². The van der Waals surface area contributed by atoms with E-state index in [0.29, 0.717) is 11.3 Å². The minimum atomic E-state index is -4.21. The maximum absolute atomic E-state index is 12.1. The smallest absolute Gasteiger partial charge is 0.360 e. The summed E-state index contributed by atoms with van der Waals surface area (Å²) in [6.45, 7) is 0. The second-order valence-corrected chi connectivity index (χ2v) is 6.14. The van der Waals surface area contributed by atoms with Crippen LogP contribution in [0.4, 0.5) is 0 Å². The number of hydrogen-bond donors (Lipinski definition) is 0. The van der Waals surface area contributed by atoms with Crippen molar-refractivity contribution >= 4 is 27.4 Å². The summed E-state index contributed by atoms with van der Waals surface area (Å²) in [6, 6.07) is 13.9. The Labute approximate surface area is 138 Å². The fourth-order valence-electron chi connectivity index (χ4n) is 1.66. The zero-order valence-corrected chi connectivity index (χ0v) is 13.5. The number of oxime groups is 1. The number of nitrogens with zero attached hydrogens (tertiary/aromatic N) is 2. The second kappa shape index (κ2) is 7.13. The van der Waals surface area contributed by atoms with E-state index in [2.05, 4.69) is 9.44 Å². The quantitative estimate of drug-likeness (QED) is 0.611. The molecule has 6 nitrogen and oxygen atoms in total. The first-order chi connectivity index (χ1) is 11.0. The summed E-state index contributed by atoms with van der Waals surface area (Å²) in [5, 5.41) is 12.5. The van der Waals surface area contributed by atoms with Crippen LogP contribution in [0.1, 0.15) is 5.56 Å². The van der Waals surface area contributed by atoms with Crippen LogP contribution in [0.15, 0.2) is 58.6 Å². The molecule has 0 N–H and O–H groups in total. The Morgan fingerprint density at radius 2 is 1.83 bits per heavy atom. The predicted molar refractivity (Wildman–Crippen MR) is 84.9 cm³/mol. The van der Waals surface area contributed by atoms with Crippen molar-refractivity contribution in [3.63, 3.8) is 0 Å². The summed E-state index contributed by atoms with van der Waals surface area (Å²) in [5.41, 5.74) is 0.200. The van der Waals surface area contributed by atoms with Gasteiger partial charge in [-0.2, -0.15) is 13.7 Å². The molecule has 0 radical (unpaired) electrons. The molecule has 2 rings (SSSR count). The lowest BCUT2D eigenvalue weighted by atomic mass is 10.1. The highest BCUT2D eigenvalue weighted by atomic mass is 35.5. The highest BCUT2D eigenvalue weighted by Gasteiger charge is 2.20. The van der Waals surface area contributed by atoms with Crippen LogP contribution in [0.25, 0.3) is 0 Å². The standard InChI is InChI=1S/C15H11ClN2O4S/c1-21-12-8-6-11(7-9-12)14(10-17)18-22-23(19,20)15-5-3-2-4-13(15)16/h2-9H,1H3. The van der Waals surface area contributed by atoms with Gasteiger partial charge in [0.25, 0.3) is 0 Å². The van der Waals surface area contributed by atoms with Crippen molar-refractivity contribution < 1.29 is 17.4 Å². The number of nitriles is 1. The van der Waals surface area contributed by atoms with Gasteiger partial charge in [0.15, 0.2) is 5.71 Å². The Hall–Kier alpha value is -2.56. The van der Waals surface area contributed by atoms with Gasteiger partial charge in [-0.3, -0.25) is 4.28 Å². The Bertz CT molecular complexity index is 871. The molecule has 2 aromatic carbocycles. The lowest BCUT2D eigenvalue weighted by Crippen LogP contribution is -2.06. The molecule has 0 aromatic heterocycles. The van der Waals surface area contributed by atoms with E-state index < -0.39 is 10.1 Å². The van der Waals surface area contributed by atoms with Gasteiger partial charge in [0.05, 0.1) is 12.1 Å². The highest BCUT2D eigenvalue weighted by molar-refractivity contribution is 7.86. The third-order valence-corrected chi connectivity index (χ3v) is 4.41. The van der Waals surface area contributed by atoms with E-state index in [1.807, 2.05) is 0 Å². The molecule has 118 valence electrons. The summed E-state index contributed by atoms with van der Waals surface area (Å²) in [6.07, 6.45) is 0. The molecule has 0 saturated carbocycles. The molecule has 8 heteroatoms. The molecule has 0 fully saturated rings. The van der Waals surface area contributed by atoms with Crippen molar-refractivity contribution in [1.82, 2.24) is 0 Å². The molecule has 0 amide bonds. The van der Waals surface area contributed by atoms with E-state index in [1.54, 1.807) is 36.4 Å². The average Bonchev–Trinajstić information content (AvgIpc) is 2.56. The molecule has 0 spiro atoms. The first kappa shape index (κ1) is 16.8. The SMILES string of the molecule is COc1ccc(C(C#N)=NOS(=O)(=O)c2ccccc2Cl)cc1. The van der Waals surface area contributed by atoms with Crippen molar-refractivity contribution in [2.24, 2.45) is 5.16 Å². The summed E-state index contributed by atoms with van der Waals surface area (Å²) >= 11 is 5.82. The number of rotatable bonds is 5. The van der Waals surface area contributed by atoms with E-state index in [4.69, 9.17) is 21.6 Å². The Morgan fingerprint density at radius 1 is 1.17 bits per heavy atom. The normalized spacial score (nSPS) is 11.6. The lowest BCUT2D eigenvalue weighted by Gasteiger charge is -2.04. The van der Waals surface area contributed by atoms with Gasteiger partial charge in [0.1, 0.15) is 16.7 Å². The van der Waals surface area contributed by atoms with Gasteiger partial charge < -0.3 is 4.74 Å². The molecular formula is C15H11ClN2O4S. The number of hydrogen-bond acceptors (Lipinski definition) is 6. The van der Waals surface area contributed by atoms with E-state index in [-0.39, 0.29) is 15.6 Å². The van der Waals surface area contributed by atoms with Crippen LogP contribution in [-0.4, -0.2) is 21.2 Å². The Morgan fingerprint density at radius 3 is 2.39 bits per heavy atom. The molecule has 0 aliphatic carbocycles. The maximum atomic E-state index is 12.1. The number of methoxy groups -OCH3 is 1. The van der Waals surface area contributed by atoms with Gasteiger partial charge in [-0.05, 0) is 36.4 Å². The molecule has 0 unspecified atom stereocenters. The molecule has 0 saturated heterocycles. The maximum Gasteiger partial charge on any atom is 0.360 e. The van der Waals surface area contributed by atoms with E-state index in [9.17, 15) is 8.42 Å². The minimum Gasteiger partial charge on any atom is -0.497 e. The number of ether oxygens (including phenoxy) is 1. The number of halogens is 1. The van der Waals surface area contributed by atoms with Crippen LogP contribution in [0, 0.1) is 11.3 Å². The fraction of sp³-hybridized carbons (Fsp3) is 0.0667. The largest absolute Gasteiger partial charge is 0.497 e. The molecule has 23 heavy (non-hydrogen) atoms. The van der Waals surface area contributed by atoms with Crippen molar-refractivity contribution in [3.05, 3.63) is 59.1 Å². The number of benzene rings is 2. The summed E-state index contributed by atoms with van der Waals surface area (Å²) in [5.74, 6) is 0.593. The first-order valence-corrected chi connectivity index (χ1v) is 8.07. The zero-order chi connectivity index (χ0) is 16.9. The van der Waals surface area contributed by atoms with Gasteiger partial charge in [-0.1, -0.05) is 28.9 Å². The van der Waals surface area contributed by atoms with Gasteiger partial charge >= 0.3 is 10.1 Å². The molecule has 0 aliphatic heterocycles. The van der Waals surface area contributed by atoms with Crippen molar-refractivity contribution in [3.8, 4) is 11.8 Å². The molecule has 0 bridgehead atoms. The van der Waals surface area contributed by atoms with Crippen LogP contribution in [0.3, 0.4) is 0 Å². The monoisotopic (exact) mass is 350 g/mol. The summed E-state index contributed by atoms with van der Waals surface area (Å²) in [4.78, 5) is -0.225. The van der Waals surface area contributed by atoms with E-state index in [1.165, 1.54) is 25.3 Å². The van der Waals surface area contributed by atoms with Crippen LogP contribution >= 0.6 is 11.6 Å². The molecule has 0 atom stereocenters. The van der Waals surface area contributed by atoms with Crippen LogP contribution < -0.4 is 4.74 Å². The minimum absolute atomic E-state index is 0.00524.